The lowest BCUT2D eigenvalue weighted by molar-refractivity contribution is -0.126. The molecule has 0 atom stereocenters. The normalized spacial score (nSPS) is 22.2. The molecule has 3 nitrogen and oxygen atoms in total. The number of nitrogens with one attached hydrogen (secondary N) is 1. The van der Waals surface area contributed by atoms with E-state index < -0.39 is 0 Å². The third kappa shape index (κ3) is 4.62. The van der Waals surface area contributed by atoms with Gasteiger partial charge < -0.3 is 9.73 Å². The number of carbonyl (C=O) groups excluding carboxylic acids is 1. The number of amides is 1. The van der Waals surface area contributed by atoms with Gasteiger partial charge in [0.25, 0.3) is 0 Å². The molecule has 0 radical (unpaired) electrons. The standard InChI is InChI=1S/C18H29NO2/c1-4-5-6-15-7-9-16(10-8-15)18(20)19-12-17-11-13(2)21-14(17)3/h11,15-16H,4-10,12H2,1-3H3,(H,19,20). The van der Waals surface area contributed by atoms with Crippen molar-refractivity contribution in [2.75, 3.05) is 0 Å². The Labute approximate surface area is 128 Å². The number of unbranched alkanes of at least 4 members (excludes halogenated alkanes) is 1. The smallest absolute Gasteiger partial charge is 0.223 e. The Balaban J connectivity index is 1.73. The lowest BCUT2D eigenvalue weighted by Crippen LogP contribution is -2.32. The Hall–Kier alpha value is -1.25. The zero-order valence-corrected chi connectivity index (χ0v) is 13.7. The molecule has 1 heterocycles. The monoisotopic (exact) mass is 291 g/mol. The van der Waals surface area contributed by atoms with E-state index in [1.807, 2.05) is 19.9 Å². The second kappa shape index (κ2) is 7.67. The maximum atomic E-state index is 12.3. The molecule has 1 saturated carbocycles. The van der Waals surface area contributed by atoms with Gasteiger partial charge in [0.2, 0.25) is 5.91 Å². The highest BCUT2D eigenvalue weighted by Crippen LogP contribution is 2.32. The van der Waals surface area contributed by atoms with Crippen LogP contribution in [-0.2, 0) is 11.3 Å². The van der Waals surface area contributed by atoms with E-state index in [2.05, 4.69) is 12.2 Å². The maximum Gasteiger partial charge on any atom is 0.223 e. The van der Waals surface area contributed by atoms with Gasteiger partial charge in [-0.3, -0.25) is 4.79 Å². The lowest BCUT2D eigenvalue weighted by Gasteiger charge is -2.27. The first-order valence-electron chi connectivity index (χ1n) is 8.43. The van der Waals surface area contributed by atoms with E-state index in [1.54, 1.807) is 0 Å². The van der Waals surface area contributed by atoms with E-state index in [4.69, 9.17) is 4.42 Å². The van der Waals surface area contributed by atoms with Gasteiger partial charge >= 0.3 is 0 Å². The summed E-state index contributed by atoms with van der Waals surface area (Å²) in [4.78, 5) is 12.3. The first-order chi connectivity index (χ1) is 10.1. The van der Waals surface area contributed by atoms with Gasteiger partial charge in [0.1, 0.15) is 11.5 Å². The van der Waals surface area contributed by atoms with Crippen LogP contribution < -0.4 is 5.32 Å². The van der Waals surface area contributed by atoms with Crippen LogP contribution in [0.15, 0.2) is 10.5 Å². The van der Waals surface area contributed by atoms with Gasteiger partial charge in [0, 0.05) is 18.0 Å². The van der Waals surface area contributed by atoms with Gasteiger partial charge in [-0.25, -0.2) is 0 Å². The molecule has 0 spiro atoms. The van der Waals surface area contributed by atoms with Gasteiger partial charge in [0.05, 0.1) is 0 Å². The molecule has 1 fully saturated rings. The molecule has 21 heavy (non-hydrogen) atoms. The number of carbonyl (C=O) groups is 1. The molecule has 1 N–H and O–H groups in total. The quantitative estimate of drug-likeness (QED) is 0.838. The Morgan fingerprint density at radius 2 is 2.00 bits per heavy atom. The molecule has 2 rings (SSSR count). The zero-order chi connectivity index (χ0) is 15.2. The van der Waals surface area contributed by atoms with Crippen molar-refractivity contribution in [1.29, 1.82) is 0 Å². The number of hydrogen-bond donors (Lipinski definition) is 1. The van der Waals surface area contributed by atoms with Gasteiger partial charge in [-0.05, 0) is 51.5 Å². The molecule has 0 aliphatic heterocycles. The Morgan fingerprint density at radius 3 is 2.57 bits per heavy atom. The fourth-order valence-electron chi connectivity index (χ4n) is 3.39. The van der Waals surface area contributed by atoms with Crippen molar-refractivity contribution >= 4 is 5.91 Å². The first-order valence-corrected chi connectivity index (χ1v) is 8.43. The van der Waals surface area contributed by atoms with Gasteiger partial charge in [-0.1, -0.05) is 26.2 Å². The van der Waals surface area contributed by atoms with Gasteiger partial charge in [-0.2, -0.15) is 0 Å². The SMILES string of the molecule is CCCCC1CCC(C(=O)NCc2cc(C)oc2C)CC1. The van der Waals surface area contributed by atoms with E-state index >= 15 is 0 Å². The summed E-state index contributed by atoms with van der Waals surface area (Å²) < 4.78 is 5.49. The average molecular weight is 291 g/mol. The zero-order valence-electron chi connectivity index (χ0n) is 13.7. The maximum absolute atomic E-state index is 12.3. The highest BCUT2D eigenvalue weighted by atomic mass is 16.3. The molecular formula is C18H29NO2. The molecule has 0 aromatic carbocycles. The summed E-state index contributed by atoms with van der Waals surface area (Å²) in [6.07, 6.45) is 8.53. The predicted molar refractivity (Wildman–Crippen MR) is 85.0 cm³/mol. The molecule has 0 unspecified atom stereocenters. The summed E-state index contributed by atoms with van der Waals surface area (Å²) in [5.74, 6) is 3.12. The Morgan fingerprint density at radius 1 is 1.29 bits per heavy atom. The van der Waals surface area contributed by atoms with Crippen LogP contribution in [0.1, 0.15) is 69.0 Å². The van der Waals surface area contributed by atoms with Crippen molar-refractivity contribution in [1.82, 2.24) is 5.32 Å². The molecule has 1 aromatic rings. The molecule has 1 aromatic heterocycles. The van der Waals surface area contributed by atoms with E-state index in [-0.39, 0.29) is 11.8 Å². The topological polar surface area (TPSA) is 42.2 Å². The van der Waals surface area contributed by atoms with Gasteiger partial charge in [0.15, 0.2) is 0 Å². The molecule has 0 saturated heterocycles. The third-order valence-corrected chi connectivity index (χ3v) is 4.78. The van der Waals surface area contributed by atoms with Crippen molar-refractivity contribution in [3.63, 3.8) is 0 Å². The molecule has 1 aliphatic rings. The summed E-state index contributed by atoms with van der Waals surface area (Å²) in [5, 5.41) is 3.08. The lowest BCUT2D eigenvalue weighted by atomic mass is 9.79. The van der Waals surface area contributed by atoms with Gasteiger partial charge in [-0.15, -0.1) is 0 Å². The summed E-state index contributed by atoms with van der Waals surface area (Å²) in [5.41, 5.74) is 1.09. The average Bonchev–Trinajstić information content (AvgIpc) is 2.81. The first kappa shape index (κ1) is 16.1. The van der Waals surface area contributed by atoms with Crippen LogP contribution in [0.3, 0.4) is 0 Å². The summed E-state index contributed by atoms with van der Waals surface area (Å²) in [6.45, 7) is 6.74. The fourth-order valence-corrected chi connectivity index (χ4v) is 3.39. The minimum Gasteiger partial charge on any atom is -0.466 e. The largest absolute Gasteiger partial charge is 0.466 e. The van der Waals surface area contributed by atoms with Crippen LogP contribution in [0.2, 0.25) is 0 Å². The van der Waals surface area contributed by atoms with Crippen LogP contribution in [0.4, 0.5) is 0 Å². The minimum absolute atomic E-state index is 0.219. The predicted octanol–water partition coefficient (Wildman–Crippen LogP) is 4.51. The number of rotatable bonds is 6. The number of hydrogen-bond acceptors (Lipinski definition) is 2. The van der Waals surface area contributed by atoms with E-state index in [9.17, 15) is 4.79 Å². The van der Waals surface area contributed by atoms with Crippen molar-refractivity contribution in [3.8, 4) is 0 Å². The third-order valence-electron chi connectivity index (χ3n) is 4.78. The van der Waals surface area contributed by atoms with E-state index in [1.165, 1.54) is 32.1 Å². The van der Waals surface area contributed by atoms with Crippen LogP contribution in [0.5, 0.6) is 0 Å². The Kier molecular flexibility index (Phi) is 5.89. The fraction of sp³-hybridized carbons (Fsp3) is 0.722. The number of furan rings is 1. The highest BCUT2D eigenvalue weighted by molar-refractivity contribution is 5.78. The molecule has 0 bridgehead atoms. The molecule has 1 aliphatic carbocycles. The van der Waals surface area contributed by atoms with Crippen molar-refractivity contribution in [2.24, 2.45) is 11.8 Å². The minimum atomic E-state index is 0.219. The highest BCUT2D eigenvalue weighted by Gasteiger charge is 2.25. The summed E-state index contributed by atoms with van der Waals surface area (Å²) >= 11 is 0. The van der Waals surface area contributed by atoms with Crippen LogP contribution in [-0.4, -0.2) is 5.91 Å². The Bertz CT molecular complexity index is 456. The van der Waals surface area contributed by atoms with E-state index in [0.29, 0.717) is 6.54 Å². The summed E-state index contributed by atoms with van der Waals surface area (Å²) in [7, 11) is 0. The van der Waals surface area contributed by atoms with Crippen molar-refractivity contribution in [2.45, 2.75) is 72.3 Å². The van der Waals surface area contributed by atoms with Crippen LogP contribution in [0, 0.1) is 25.7 Å². The van der Waals surface area contributed by atoms with Crippen molar-refractivity contribution in [3.05, 3.63) is 23.2 Å². The van der Waals surface area contributed by atoms with E-state index in [0.717, 1.165) is 35.8 Å². The van der Waals surface area contributed by atoms with Crippen molar-refractivity contribution < 1.29 is 9.21 Å². The summed E-state index contributed by atoms with van der Waals surface area (Å²) in [6, 6.07) is 2.01. The van der Waals surface area contributed by atoms with Crippen LogP contribution >= 0.6 is 0 Å². The number of aryl methyl sites for hydroxylation is 2. The van der Waals surface area contributed by atoms with Crippen LogP contribution in [0.25, 0.3) is 0 Å². The molecule has 1 amide bonds. The second-order valence-electron chi connectivity index (χ2n) is 6.52. The molecule has 118 valence electrons. The second-order valence-corrected chi connectivity index (χ2v) is 6.52. The molecular weight excluding hydrogens is 262 g/mol. The molecule has 3 heteroatoms.